The van der Waals surface area contributed by atoms with Crippen LogP contribution in [0, 0.1) is 35.5 Å². The Morgan fingerprint density at radius 3 is 2.22 bits per heavy atom. The fraction of sp³-hybridized carbons (Fsp3) is 0.737. The number of aliphatic hydroxyl groups excluding tert-OH is 2. The van der Waals surface area contributed by atoms with Crippen molar-refractivity contribution in [3.05, 3.63) is 53.6 Å². The monoisotopic (exact) mass is 1020 g/mol. The molecule has 7 rings (SSSR count). The molecule has 5 heterocycles. The number of nitrogens with zero attached hydrogens (tertiary/aromatic N) is 2. The van der Waals surface area contributed by atoms with Crippen LogP contribution in [0.2, 0.25) is 0 Å². The lowest BCUT2D eigenvalue weighted by Gasteiger charge is -2.43. The quantitative estimate of drug-likeness (QED) is 0.142. The largest absolute Gasteiger partial charge is 0.460 e. The Balaban J connectivity index is 1.34. The van der Waals surface area contributed by atoms with E-state index in [0.717, 1.165) is 17.7 Å². The lowest BCUT2D eigenvalue weighted by molar-refractivity contribution is -0.265. The molecule has 0 radical (unpaired) electrons. The number of piperidine rings is 1. The molecule has 1 saturated carbocycles. The van der Waals surface area contributed by atoms with Crippen LogP contribution in [-0.2, 0) is 52.5 Å². The van der Waals surface area contributed by atoms with E-state index in [9.17, 15) is 39.3 Å². The van der Waals surface area contributed by atoms with Gasteiger partial charge in [0.25, 0.3) is 11.7 Å². The normalized spacial score (nSPS) is 38.0. The van der Waals surface area contributed by atoms with Crippen molar-refractivity contribution < 1.29 is 67.8 Å². The number of hydrogen-bond acceptors (Lipinski definition) is 15. The summed E-state index contributed by atoms with van der Waals surface area (Å²) in [5, 5.41) is 36.3. The van der Waals surface area contributed by atoms with Crippen molar-refractivity contribution in [1.82, 2.24) is 4.90 Å². The summed E-state index contributed by atoms with van der Waals surface area (Å²) in [6.07, 6.45) is 4.36. The summed E-state index contributed by atoms with van der Waals surface area (Å²) in [5.41, 5.74) is 2.11. The topological polar surface area (TPSA) is 208 Å². The number of benzene rings is 1. The van der Waals surface area contributed by atoms with E-state index in [4.69, 9.17) is 28.5 Å². The Morgan fingerprint density at radius 1 is 0.808 bits per heavy atom. The van der Waals surface area contributed by atoms with Crippen LogP contribution in [-0.4, -0.2) is 144 Å². The Labute approximate surface area is 433 Å². The molecule has 0 aromatic heterocycles. The van der Waals surface area contributed by atoms with E-state index in [2.05, 4.69) is 6.92 Å². The number of hydroxylamine groups is 1. The van der Waals surface area contributed by atoms with Crippen LogP contribution in [0.1, 0.15) is 138 Å². The van der Waals surface area contributed by atoms with E-state index in [1.807, 2.05) is 62.2 Å². The van der Waals surface area contributed by atoms with Crippen LogP contribution >= 0.6 is 0 Å². The fourth-order valence-electron chi connectivity index (χ4n) is 12.1. The molecule has 5 aliphatic heterocycles. The summed E-state index contributed by atoms with van der Waals surface area (Å²) in [5.74, 6) is -8.21. The number of ether oxygens (including phenoxy) is 5. The van der Waals surface area contributed by atoms with Gasteiger partial charge in [0.05, 0.1) is 36.1 Å². The standard InChI is InChI=1S/C57H86N2O14/c1-33-26-37(5)51(62)53(70-10)52(63)38(6)27-34(2)47(61)32-49(35(3)28-40-20-24-46(60)50(30-40)69-9)71-56(66)45-18-14-15-25-58(45)55(65)54(64)57(67)39(7)19-21-42(72-57)31-48(68-8)36(4)29-43-22-23-44(33)59(73-43)41-16-12-11-13-17-41/h11-13,16-17,27,29,33-35,37,39-40,42-46,48-50,52-53,60,63,67H,14-15,18-26,28,30-32H2,1-10H3. The molecule has 1 amide bonds. The molecular weight excluding hydrogens is 937 g/mol. The van der Waals surface area contributed by atoms with Gasteiger partial charge in [0.15, 0.2) is 5.78 Å². The number of fused-ring (bicyclic) bond motifs is 17. The van der Waals surface area contributed by atoms with E-state index in [1.54, 1.807) is 41.1 Å². The third-order valence-corrected chi connectivity index (χ3v) is 16.9. The van der Waals surface area contributed by atoms with E-state index in [0.29, 0.717) is 69.8 Å². The summed E-state index contributed by atoms with van der Waals surface area (Å²) in [6.45, 7) is 12.9. The first-order chi connectivity index (χ1) is 34.7. The molecule has 4 fully saturated rings. The highest BCUT2D eigenvalue weighted by Gasteiger charge is 2.53. The first-order valence-electron chi connectivity index (χ1n) is 27.1. The predicted octanol–water partition coefficient (Wildman–Crippen LogP) is 7.04. The molecule has 1 aromatic carbocycles. The minimum absolute atomic E-state index is 0.0349. The zero-order valence-corrected chi connectivity index (χ0v) is 45.1. The first-order valence-corrected chi connectivity index (χ1v) is 27.1. The van der Waals surface area contributed by atoms with Gasteiger partial charge in [-0.05, 0) is 132 Å². The molecule has 3 N–H and O–H groups in total. The minimum atomic E-state index is -2.46. The molecule has 16 heteroatoms. The minimum Gasteiger partial charge on any atom is -0.460 e. The van der Waals surface area contributed by atoms with Gasteiger partial charge in [-0.15, -0.1) is 0 Å². The van der Waals surface area contributed by atoms with Crippen LogP contribution in [0.25, 0.3) is 0 Å². The number of ketones is 3. The van der Waals surface area contributed by atoms with Gasteiger partial charge in [-0.1, -0.05) is 65.0 Å². The third kappa shape index (κ3) is 14.1. The number of methoxy groups -OCH3 is 3. The Kier molecular flexibility index (Phi) is 21.0. The van der Waals surface area contributed by atoms with Gasteiger partial charge in [-0.25, -0.2) is 4.79 Å². The van der Waals surface area contributed by atoms with E-state index in [1.165, 1.54) is 12.0 Å². The maximum atomic E-state index is 14.5. The summed E-state index contributed by atoms with van der Waals surface area (Å²) in [7, 11) is 4.56. The molecule has 3 saturated heterocycles. The second-order valence-electron chi connectivity index (χ2n) is 22.3. The molecule has 1 aromatic rings. The number of hydrogen-bond donors (Lipinski definition) is 3. The van der Waals surface area contributed by atoms with Crippen LogP contribution in [0.15, 0.2) is 53.6 Å². The number of esters is 1. The van der Waals surface area contributed by atoms with Gasteiger partial charge in [0.2, 0.25) is 5.79 Å². The van der Waals surface area contributed by atoms with E-state index >= 15 is 0 Å². The lowest BCUT2D eigenvalue weighted by atomic mass is 9.78. The number of para-hydroxylation sites is 1. The Hall–Kier alpha value is -3.87. The summed E-state index contributed by atoms with van der Waals surface area (Å²) in [6, 6.07) is 8.56. The molecule has 6 aliphatic rings. The van der Waals surface area contributed by atoms with Crippen molar-refractivity contribution in [2.75, 3.05) is 32.9 Å². The zero-order chi connectivity index (χ0) is 53.3. The van der Waals surface area contributed by atoms with E-state index in [-0.39, 0.29) is 73.4 Å². The number of rotatable bonds is 7. The highest BCUT2D eigenvalue weighted by atomic mass is 16.7. The molecule has 17 atom stereocenters. The van der Waals surface area contributed by atoms with Gasteiger partial charge in [0.1, 0.15) is 36.2 Å². The second kappa shape index (κ2) is 26.3. The van der Waals surface area contributed by atoms with Crippen LogP contribution in [0.5, 0.6) is 0 Å². The van der Waals surface area contributed by atoms with Gasteiger partial charge >= 0.3 is 5.97 Å². The lowest BCUT2D eigenvalue weighted by Crippen LogP contribution is -2.61. The van der Waals surface area contributed by atoms with Gasteiger partial charge in [-0.3, -0.25) is 29.1 Å². The van der Waals surface area contributed by atoms with Crippen LogP contribution in [0.3, 0.4) is 0 Å². The fourth-order valence-corrected chi connectivity index (χ4v) is 12.1. The Morgan fingerprint density at radius 2 is 1.53 bits per heavy atom. The molecule has 16 nitrogen and oxygen atoms in total. The van der Waals surface area contributed by atoms with Gasteiger partial charge in [-0.2, -0.15) is 0 Å². The SMILES string of the molecule is COC1CC2CCC(C)C(O)(O2)C(=O)C(=O)N2CCCCC2C(=O)OC(C(C)CC2CCC(O)C(OC)C2)CC(=O)C(C)C=C(C)C(O)C(OC)C(=O)C(C)CC(C)C2CCC(C=C1C)ON2c1ccccc1. The Bertz CT molecular complexity index is 2100. The maximum absolute atomic E-state index is 14.5. The van der Waals surface area contributed by atoms with Crippen molar-refractivity contribution >= 4 is 34.9 Å². The van der Waals surface area contributed by atoms with E-state index < -0.39 is 83.9 Å². The number of Topliss-reactive ketones (excluding diaryl/α,β-unsaturated/α-hetero) is 3. The molecule has 408 valence electrons. The van der Waals surface area contributed by atoms with Crippen molar-refractivity contribution in [3.8, 4) is 0 Å². The number of allylic oxidation sites excluding steroid dienone is 1. The average molecular weight is 1020 g/mol. The summed E-state index contributed by atoms with van der Waals surface area (Å²) in [4.78, 5) is 79.9. The smallest absolute Gasteiger partial charge is 0.329 e. The molecule has 17 unspecified atom stereocenters. The highest BCUT2D eigenvalue weighted by molar-refractivity contribution is 6.39. The number of aliphatic hydroxyl groups is 3. The number of amides is 1. The number of carbonyl (C=O) groups is 5. The molecular formula is C57H86N2O14. The molecule has 1 aliphatic carbocycles. The number of carbonyl (C=O) groups excluding carboxylic acids is 5. The predicted molar refractivity (Wildman–Crippen MR) is 274 cm³/mol. The van der Waals surface area contributed by atoms with Crippen molar-refractivity contribution in [2.24, 2.45) is 35.5 Å². The van der Waals surface area contributed by atoms with Crippen molar-refractivity contribution in [2.45, 2.75) is 205 Å². The second-order valence-corrected chi connectivity index (χ2v) is 22.3. The molecule has 73 heavy (non-hydrogen) atoms. The maximum Gasteiger partial charge on any atom is 0.329 e. The number of anilines is 1. The summed E-state index contributed by atoms with van der Waals surface area (Å²) >= 11 is 0. The first kappa shape index (κ1) is 58.4. The average Bonchev–Trinajstić information content (AvgIpc) is 3.38. The van der Waals surface area contributed by atoms with Crippen LogP contribution in [0.4, 0.5) is 5.69 Å². The molecule has 4 bridgehead atoms. The van der Waals surface area contributed by atoms with Crippen LogP contribution < -0.4 is 5.06 Å². The molecule has 0 spiro atoms. The summed E-state index contributed by atoms with van der Waals surface area (Å²) < 4.78 is 29.9. The third-order valence-electron chi connectivity index (χ3n) is 16.9. The van der Waals surface area contributed by atoms with Gasteiger partial charge < -0.3 is 43.9 Å². The zero-order valence-electron chi connectivity index (χ0n) is 45.1. The van der Waals surface area contributed by atoms with Gasteiger partial charge in [0, 0.05) is 58.5 Å². The highest BCUT2D eigenvalue weighted by Crippen LogP contribution is 2.39. The van der Waals surface area contributed by atoms with Crippen molar-refractivity contribution in [1.29, 1.82) is 0 Å². The van der Waals surface area contributed by atoms with Crippen molar-refractivity contribution in [3.63, 3.8) is 0 Å².